The number of rotatable bonds is 6. The molecule has 0 spiro atoms. The number of aryl methyl sites for hydroxylation is 1. The van der Waals surface area contributed by atoms with Crippen molar-refractivity contribution < 1.29 is 4.79 Å². The summed E-state index contributed by atoms with van der Waals surface area (Å²) in [6, 6.07) is 12.4. The van der Waals surface area contributed by atoms with Gasteiger partial charge in [0.25, 0.3) is 0 Å². The molecule has 0 atom stereocenters. The van der Waals surface area contributed by atoms with Gasteiger partial charge in [0, 0.05) is 30.4 Å². The summed E-state index contributed by atoms with van der Waals surface area (Å²) >= 11 is 0. The van der Waals surface area contributed by atoms with Gasteiger partial charge in [0.2, 0.25) is 5.91 Å². The number of nitrogens with one attached hydrogen (secondary N) is 1. The minimum Gasteiger partial charge on any atom is -0.351 e. The predicted molar refractivity (Wildman–Crippen MR) is 85.3 cm³/mol. The zero-order valence-electron chi connectivity index (χ0n) is 12.5. The first kappa shape index (κ1) is 15.0. The molecule has 0 aliphatic rings. The standard InChI is InChI=1S/C17H21N3O/c1-14(2)20-11-10-16(13-20)12-18-19-17(21)9-8-15-6-4-3-5-7-15/h3-7,10-14H,8-9H2,1-2H3,(H,19,21)/b18-12+. The molecule has 0 unspecified atom stereocenters. The van der Waals surface area contributed by atoms with Crippen molar-refractivity contribution in [2.24, 2.45) is 5.10 Å². The number of amides is 1. The maximum Gasteiger partial charge on any atom is 0.240 e. The summed E-state index contributed by atoms with van der Waals surface area (Å²) in [7, 11) is 0. The van der Waals surface area contributed by atoms with E-state index in [9.17, 15) is 4.79 Å². The van der Waals surface area contributed by atoms with Crippen molar-refractivity contribution in [2.75, 3.05) is 0 Å². The molecule has 1 amide bonds. The number of aromatic nitrogens is 1. The summed E-state index contributed by atoms with van der Waals surface area (Å²) < 4.78 is 2.10. The van der Waals surface area contributed by atoms with Crippen molar-refractivity contribution in [3.63, 3.8) is 0 Å². The number of hydrogen-bond donors (Lipinski definition) is 1. The first-order valence-corrected chi connectivity index (χ1v) is 7.18. The van der Waals surface area contributed by atoms with E-state index in [1.165, 1.54) is 0 Å². The molecule has 0 saturated carbocycles. The van der Waals surface area contributed by atoms with E-state index >= 15 is 0 Å². The Kier molecular flexibility index (Phi) is 5.32. The minimum absolute atomic E-state index is 0.0709. The fraction of sp³-hybridized carbons (Fsp3) is 0.294. The first-order valence-electron chi connectivity index (χ1n) is 7.18. The Morgan fingerprint density at radius 2 is 2.05 bits per heavy atom. The number of carbonyl (C=O) groups is 1. The van der Waals surface area contributed by atoms with Gasteiger partial charge in [-0.3, -0.25) is 4.79 Å². The smallest absolute Gasteiger partial charge is 0.240 e. The molecule has 0 bridgehead atoms. The number of nitrogens with zero attached hydrogens (tertiary/aromatic N) is 2. The highest BCUT2D eigenvalue weighted by Gasteiger charge is 2.01. The average Bonchev–Trinajstić information content (AvgIpc) is 2.95. The van der Waals surface area contributed by atoms with E-state index in [1.54, 1.807) is 6.21 Å². The molecule has 1 heterocycles. The van der Waals surface area contributed by atoms with E-state index in [4.69, 9.17) is 0 Å². The minimum atomic E-state index is -0.0709. The van der Waals surface area contributed by atoms with Crippen LogP contribution in [0.1, 0.15) is 37.4 Å². The van der Waals surface area contributed by atoms with Gasteiger partial charge < -0.3 is 4.57 Å². The van der Waals surface area contributed by atoms with Gasteiger partial charge in [0.1, 0.15) is 0 Å². The summed E-state index contributed by atoms with van der Waals surface area (Å²) in [4.78, 5) is 11.7. The van der Waals surface area contributed by atoms with Gasteiger partial charge >= 0.3 is 0 Å². The maximum atomic E-state index is 11.7. The van der Waals surface area contributed by atoms with Crippen LogP contribution in [0.5, 0.6) is 0 Å². The molecule has 0 saturated heterocycles. The van der Waals surface area contributed by atoms with Crippen LogP contribution in [-0.4, -0.2) is 16.7 Å². The fourth-order valence-electron chi connectivity index (χ4n) is 1.97. The normalized spacial score (nSPS) is 11.2. The highest BCUT2D eigenvalue weighted by atomic mass is 16.2. The van der Waals surface area contributed by atoms with Gasteiger partial charge in [0.15, 0.2) is 0 Å². The molecule has 4 heteroatoms. The highest BCUT2D eigenvalue weighted by Crippen LogP contribution is 2.06. The van der Waals surface area contributed by atoms with Gasteiger partial charge in [-0.05, 0) is 31.9 Å². The van der Waals surface area contributed by atoms with Gasteiger partial charge in [-0.15, -0.1) is 0 Å². The summed E-state index contributed by atoms with van der Waals surface area (Å²) in [5.41, 5.74) is 4.70. The van der Waals surface area contributed by atoms with E-state index in [1.807, 2.05) is 48.8 Å². The van der Waals surface area contributed by atoms with Crippen LogP contribution in [0, 0.1) is 0 Å². The van der Waals surface area contributed by atoms with E-state index in [0.717, 1.165) is 17.5 Å². The Bertz CT molecular complexity index is 600. The average molecular weight is 283 g/mol. The molecule has 4 nitrogen and oxygen atoms in total. The zero-order chi connectivity index (χ0) is 15.1. The lowest BCUT2D eigenvalue weighted by atomic mass is 10.1. The molecule has 0 fully saturated rings. The molecule has 2 rings (SSSR count). The molecule has 2 aromatic rings. The van der Waals surface area contributed by atoms with Crippen molar-refractivity contribution in [3.05, 3.63) is 59.9 Å². The first-order chi connectivity index (χ1) is 10.1. The van der Waals surface area contributed by atoms with Crippen LogP contribution >= 0.6 is 0 Å². The molecule has 110 valence electrons. The molecular weight excluding hydrogens is 262 g/mol. The SMILES string of the molecule is CC(C)n1ccc(/C=N/NC(=O)CCc2ccccc2)c1. The van der Waals surface area contributed by atoms with Crippen LogP contribution in [0.3, 0.4) is 0 Å². The van der Waals surface area contributed by atoms with Crippen molar-refractivity contribution in [3.8, 4) is 0 Å². The lowest BCUT2D eigenvalue weighted by molar-refractivity contribution is -0.121. The molecule has 0 aliphatic carbocycles. The Morgan fingerprint density at radius 3 is 2.71 bits per heavy atom. The summed E-state index contributed by atoms with van der Waals surface area (Å²) in [6.45, 7) is 4.23. The van der Waals surface area contributed by atoms with E-state index in [0.29, 0.717) is 12.5 Å². The summed E-state index contributed by atoms with van der Waals surface area (Å²) in [5.74, 6) is -0.0709. The lowest BCUT2D eigenvalue weighted by Crippen LogP contribution is -2.17. The molecule has 1 N–H and O–H groups in total. The molecule has 21 heavy (non-hydrogen) atoms. The van der Waals surface area contributed by atoms with Crippen LogP contribution in [0.2, 0.25) is 0 Å². The number of hydrazone groups is 1. The largest absolute Gasteiger partial charge is 0.351 e. The Balaban J connectivity index is 1.76. The van der Waals surface area contributed by atoms with Crippen molar-refractivity contribution in [1.82, 2.24) is 9.99 Å². The van der Waals surface area contributed by atoms with Crippen LogP contribution in [0.4, 0.5) is 0 Å². The molecule has 0 aliphatic heterocycles. The van der Waals surface area contributed by atoms with Gasteiger partial charge in [-0.25, -0.2) is 5.43 Å². The quantitative estimate of drug-likeness (QED) is 0.642. The van der Waals surface area contributed by atoms with Crippen LogP contribution < -0.4 is 5.43 Å². The zero-order valence-corrected chi connectivity index (χ0v) is 12.5. The van der Waals surface area contributed by atoms with Gasteiger partial charge in [-0.1, -0.05) is 30.3 Å². The van der Waals surface area contributed by atoms with Crippen LogP contribution in [-0.2, 0) is 11.2 Å². The summed E-state index contributed by atoms with van der Waals surface area (Å²) in [6.07, 6.45) is 6.84. The molecular formula is C17H21N3O. The van der Waals surface area contributed by atoms with Crippen molar-refractivity contribution in [2.45, 2.75) is 32.7 Å². The Labute approximate surface area is 125 Å². The Hall–Kier alpha value is -2.36. The van der Waals surface area contributed by atoms with Crippen LogP contribution in [0.15, 0.2) is 53.9 Å². The molecule has 0 radical (unpaired) electrons. The van der Waals surface area contributed by atoms with Crippen LogP contribution in [0.25, 0.3) is 0 Å². The topological polar surface area (TPSA) is 46.4 Å². The summed E-state index contributed by atoms with van der Waals surface area (Å²) in [5, 5.41) is 3.99. The third-order valence-corrected chi connectivity index (χ3v) is 3.22. The van der Waals surface area contributed by atoms with E-state index in [-0.39, 0.29) is 5.91 Å². The Morgan fingerprint density at radius 1 is 1.29 bits per heavy atom. The molecule has 1 aromatic heterocycles. The second-order valence-corrected chi connectivity index (χ2v) is 5.26. The second-order valence-electron chi connectivity index (χ2n) is 5.26. The number of hydrogen-bond acceptors (Lipinski definition) is 2. The van der Waals surface area contributed by atoms with Gasteiger partial charge in [-0.2, -0.15) is 5.10 Å². The predicted octanol–water partition coefficient (Wildman–Crippen LogP) is 3.15. The third-order valence-electron chi connectivity index (χ3n) is 3.22. The maximum absolute atomic E-state index is 11.7. The second kappa shape index (κ2) is 7.43. The van der Waals surface area contributed by atoms with E-state index < -0.39 is 0 Å². The molecule has 1 aromatic carbocycles. The fourth-order valence-corrected chi connectivity index (χ4v) is 1.97. The van der Waals surface area contributed by atoms with Crippen molar-refractivity contribution >= 4 is 12.1 Å². The lowest BCUT2D eigenvalue weighted by Gasteiger charge is -2.04. The highest BCUT2D eigenvalue weighted by molar-refractivity contribution is 5.82. The van der Waals surface area contributed by atoms with E-state index in [2.05, 4.69) is 28.9 Å². The number of benzene rings is 1. The third kappa shape index (κ3) is 4.91. The number of carbonyl (C=O) groups excluding carboxylic acids is 1. The van der Waals surface area contributed by atoms with Gasteiger partial charge in [0.05, 0.1) is 6.21 Å². The monoisotopic (exact) mass is 283 g/mol. The van der Waals surface area contributed by atoms with Crippen molar-refractivity contribution in [1.29, 1.82) is 0 Å².